The molecule has 0 atom stereocenters. The summed E-state index contributed by atoms with van der Waals surface area (Å²) in [6.07, 6.45) is 2.93. The molecule has 0 bridgehead atoms. The van der Waals surface area contributed by atoms with Gasteiger partial charge in [-0.1, -0.05) is 0 Å². The molecule has 3 aromatic rings. The van der Waals surface area contributed by atoms with Crippen molar-refractivity contribution < 1.29 is 16.8 Å². The van der Waals surface area contributed by atoms with Crippen LogP contribution in [-0.2, 0) is 19.7 Å². The molecule has 0 fully saturated rings. The van der Waals surface area contributed by atoms with Crippen molar-refractivity contribution in [1.29, 1.82) is 0 Å². The van der Waals surface area contributed by atoms with Crippen molar-refractivity contribution >= 4 is 39.1 Å². The Morgan fingerprint density at radius 3 is 1.42 bits per heavy atom. The average molecular weight is 546 g/mol. The van der Waals surface area contributed by atoms with Gasteiger partial charge in [-0.25, -0.2) is 0 Å². The molecule has 0 N–H and O–H groups in total. The number of benzene rings is 3. The summed E-state index contributed by atoms with van der Waals surface area (Å²) in [5, 5.41) is 0. The van der Waals surface area contributed by atoms with E-state index in [4.69, 9.17) is 0 Å². The maximum absolute atomic E-state index is 13.5. The van der Waals surface area contributed by atoms with Crippen LogP contribution in [0.3, 0.4) is 0 Å². The van der Waals surface area contributed by atoms with Crippen molar-refractivity contribution in [2.24, 2.45) is 5.41 Å². The minimum atomic E-state index is -4.29. The first-order valence-electron chi connectivity index (χ1n) is 10.3. The molecule has 172 valence electrons. The van der Waals surface area contributed by atoms with Crippen LogP contribution in [0.1, 0.15) is 20.8 Å². The molecule has 0 aliphatic carbocycles. The van der Waals surface area contributed by atoms with E-state index in [1.807, 2.05) is 51.1 Å². The Kier molecular flexibility index (Phi) is 7.80. The zero-order valence-electron chi connectivity index (χ0n) is 18.7. The Hall–Kier alpha value is -2.44. The monoisotopic (exact) mass is 546 g/mol. The number of allylic oxidation sites excluding steroid dienone is 3. The third-order valence-electron chi connectivity index (χ3n) is 4.72. The van der Waals surface area contributed by atoms with Crippen molar-refractivity contribution in [3.63, 3.8) is 0 Å². The summed E-state index contributed by atoms with van der Waals surface area (Å²) >= 11 is -0.103. The van der Waals surface area contributed by atoms with Crippen molar-refractivity contribution in [2.75, 3.05) is 0 Å². The molecular weight excluding hydrogens is 519 g/mol. The fourth-order valence-electron chi connectivity index (χ4n) is 2.95. The second kappa shape index (κ2) is 10.2. The van der Waals surface area contributed by atoms with Crippen molar-refractivity contribution in [1.82, 2.24) is 0 Å². The standard InChI is InChI=1S/C26H26O4S2Se/c1-26(2,3)24(33-23-17-11-6-12-18-23)19-20-25(31(27,28)21-13-7-4-8-14-21)32(29,30)22-15-9-5-10-16-22/h4-20H,1-3H3/b24-19-. The van der Waals surface area contributed by atoms with E-state index >= 15 is 0 Å². The van der Waals surface area contributed by atoms with Crippen LogP contribution in [0.25, 0.3) is 0 Å². The fourth-order valence-corrected chi connectivity index (χ4v) is 8.75. The summed E-state index contributed by atoms with van der Waals surface area (Å²) < 4.78 is 55.5. The Bertz CT molecular complexity index is 1280. The molecule has 0 heterocycles. The first kappa shape index (κ1) is 25.2. The third-order valence-corrected chi connectivity index (χ3v) is 12.2. The molecule has 0 spiro atoms. The first-order valence-corrected chi connectivity index (χ1v) is 15.0. The van der Waals surface area contributed by atoms with E-state index in [1.54, 1.807) is 42.5 Å². The molecule has 0 radical (unpaired) electrons. The Labute approximate surface area is 203 Å². The molecule has 7 heteroatoms. The van der Waals surface area contributed by atoms with E-state index in [2.05, 4.69) is 0 Å². The zero-order chi connectivity index (χ0) is 24.1. The number of hydrogen-bond acceptors (Lipinski definition) is 4. The molecule has 33 heavy (non-hydrogen) atoms. The molecular formula is C26H26O4S2Se. The summed E-state index contributed by atoms with van der Waals surface area (Å²) in [5.74, 6) is 0. The first-order chi connectivity index (χ1) is 15.5. The Balaban J connectivity index is 2.22. The van der Waals surface area contributed by atoms with Gasteiger partial charge in [-0.2, -0.15) is 0 Å². The van der Waals surface area contributed by atoms with Crippen LogP contribution in [0.2, 0.25) is 0 Å². The van der Waals surface area contributed by atoms with Crippen LogP contribution in [0.15, 0.2) is 122 Å². The van der Waals surface area contributed by atoms with Gasteiger partial charge in [0.05, 0.1) is 0 Å². The van der Waals surface area contributed by atoms with Gasteiger partial charge in [0.2, 0.25) is 0 Å². The van der Waals surface area contributed by atoms with Crippen LogP contribution < -0.4 is 4.46 Å². The third kappa shape index (κ3) is 6.12. The van der Waals surface area contributed by atoms with E-state index in [-0.39, 0.29) is 30.2 Å². The molecule has 0 aromatic heterocycles. The summed E-state index contributed by atoms with van der Waals surface area (Å²) in [6, 6.07) is 25.2. The molecule has 0 saturated carbocycles. The summed E-state index contributed by atoms with van der Waals surface area (Å²) in [5.41, 5.74) is -0.273. The summed E-state index contributed by atoms with van der Waals surface area (Å²) in [4.78, 5) is -0.120. The SMILES string of the molecule is CC(C)(C)/C(=C/C=C(S(=O)(=O)c1ccccc1)S(=O)(=O)c1ccccc1)[Se]c1ccccc1. The van der Waals surface area contributed by atoms with Gasteiger partial charge in [-0.3, -0.25) is 0 Å². The zero-order valence-corrected chi connectivity index (χ0v) is 22.0. The molecule has 0 unspecified atom stereocenters. The van der Waals surface area contributed by atoms with Gasteiger partial charge in [-0.15, -0.1) is 0 Å². The number of rotatable bonds is 7. The van der Waals surface area contributed by atoms with Gasteiger partial charge in [0.25, 0.3) is 0 Å². The minimum absolute atomic E-state index is 0.0602. The van der Waals surface area contributed by atoms with E-state index in [9.17, 15) is 16.8 Å². The van der Waals surface area contributed by atoms with Crippen LogP contribution in [0.4, 0.5) is 0 Å². The van der Waals surface area contributed by atoms with Gasteiger partial charge in [0.1, 0.15) is 0 Å². The predicted molar refractivity (Wildman–Crippen MR) is 135 cm³/mol. The second-order valence-corrected chi connectivity index (χ2v) is 14.7. The van der Waals surface area contributed by atoms with Gasteiger partial charge in [0, 0.05) is 0 Å². The van der Waals surface area contributed by atoms with Gasteiger partial charge in [0.15, 0.2) is 0 Å². The molecule has 4 nitrogen and oxygen atoms in total. The Morgan fingerprint density at radius 1 is 0.636 bits per heavy atom. The Morgan fingerprint density at radius 2 is 1.03 bits per heavy atom. The topological polar surface area (TPSA) is 68.3 Å². The molecule has 0 aliphatic heterocycles. The van der Waals surface area contributed by atoms with E-state index in [1.165, 1.54) is 30.3 Å². The van der Waals surface area contributed by atoms with Crippen molar-refractivity contribution in [3.05, 3.63) is 112 Å². The predicted octanol–water partition coefficient (Wildman–Crippen LogP) is 4.74. The normalized spacial score (nSPS) is 12.9. The second-order valence-electron chi connectivity index (χ2n) is 8.31. The van der Waals surface area contributed by atoms with Crippen LogP contribution >= 0.6 is 0 Å². The van der Waals surface area contributed by atoms with Gasteiger partial charge >= 0.3 is 204 Å². The molecule has 3 rings (SSSR count). The molecule has 3 aromatic carbocycles. The van der Waals surface area contributed by atoms with E-state index < -0.39 is 23.9 Å². The fraction of sp³-hybridized carbons (Fsp3) is 0.154. The maximum atomic E-state index is 13.5. The van der Waals surface area contributed by atoms with Crippen LogP contribution in [0.5, 0.6) is 0 Å². The number of sulfone groups is 2. The van der Waals surface area contributed by atoms with Gasteiger partial charge in [-0.05, 0) is 0 Å². The quantitative estimate of drug-likeness (QED) is 0.318. The summed E-state index contributed by atoms with van der Waals surface area (Å²) in [7, 11) is -8.57. The number of hydrogen-bond donors (Lipinski definition) is 0. The summed E-state index contributed by atoms with van der Waals surface area (Å²) in [6.45, 7) is 6.11. The van der Waals surface area contributed by atoms with Gasteiger partial charge < -0.3 is 0 Å². The molecule has 0 amide bonds. The average Bonchev–Trinajstić information content (AvgIpc) is 2.79. The van der Waals surface area contributed by atoms with Crippen LogP contribution in [0, 0.1) is 5.41 Å². The van der Waals surface area contributed by atoms with Crippen LogP contribution in [-0.4, -0.2) is 31.8 Å². The van der Waals surface area contributed by atoms with Crippen molar-refractivity contribution in [3.8, 4) is 0 Å². The molecule has 0 saturated heterocycles. The van der Waals surface area contributed by atoms with E-state index in [0.29, 0.717) is 0 Å². The molecule has 0 aliphatic rings. The van der Waals surface area contributed by atoms with Crippen molar-refractivity contribution in [2.45, 2.75) is 30.6 Å². The van der Waals surface area contributed by atoms with E-state index in [0.717, 1.165) is 8.93 Å².